The summed E-state index contributed by atoms with van der Waals surface area (Å²) < 4.78 is 6.41. The van der Waals surface area contributed by atoms with E-state index in [9.17, 15) is 4.79 Å². The Hall–Kier alpha value is -1.05. The number of carbonyl (C=O) groups is 1. The standard InChI is InChI=1S/C16H17ClN2O2S.ClH.H2O/c17-12-3-1-2-11-8-14(22-15(11)12)21-16(20)18-13-9-19-6-4-10(13)5-7-19;;/h1-3,8,10,13H,4-7,9H2,(H,18,20);1H;1H2/t13-;;/m0../s1. The lowest BCUT2D eigenvalue weighted by atomic mass is 9.84. The minimum absolute atomic E-state index is 0. The summed E-state index contributed by atoms with van der Waals surface area (Å²) >= 11 is 7.56. The molecule has 3 fully saturated rings. The smallest absolute Gasteiger partial charge is 0.412 e. The summed E-state index contributed by atoms with van der Waals surface area (Å²) in [5.41, 5.74) is 0. The molecule has 0 unspecified atom stereocenters. The molecule has 0 aliphatic carbocycles. The van der Waals surface area contributed by atoms with E-state index < -0.39 is 0 Å². The third kappa shape index (κ3) is 3.78. The minimum Gasteiger partial charge on any atom is -0.412 e. The van der Waals surface area contributed by atoms with E-state index in [4.69, 9.17) is 16.3 Å². The van der Waals surface area contributed by atoms with Gasteiger partial charge in [0.2, 0.25) is 0 Å². The fourth-order valence-corrected chi connectivity index (χ4v) is 4.67. The van der Waals surface area contributed by atoms with E-state index in [0.29, 0.717) is 16.0 Å². The van der Waals surface area contributed by atoms with E-state index in [2.05, 4.69) is 10.2 Å². The molecule has 0 radical (unpaired) electrons. The number of piperidine rings is 3. The second kappa shape index (κ2) is 7.89. The average molecular weight is 391 g/mol. The highest BCUT2D eigenvalue weighted by Crippen LogP contribution is 2.36. The van der Waals surface area contributed by atoms with Crippen molar-refractivity contribution in [3.8, 4) is 5.06 Å². The summed E-state index contributed by atoms with van der Waals surface area (Å²) in [7, 11) is 0. The molecule has 0 spiro atoms. The molecule has 0 saturated carbocycles. The summed E-state index contributed by atoms with van der Waals surface area (Å²) in [4.78, 5) is 14.5. The van der Waals surface area contributed by atoms with Gasteiger partial charge < -0.3 is 20.4 Å². The van der Waals surface area contributed by atoms with Crippen molar-refractivity contribution in [3.05, 3.63) is 29.3 Å². The normalized spacial score (nSPS) is 24.8. The second-order valence-corrected chi connectivity index (χ2v) is 7.42. The molecule has 132 valence electrons. The first kappa shape index (κ1) is 19.3. The number of nitrogens with zero attached hydrogens (tertiary/aromatic N) is 1. The molecule has 3 N–H and O–H groups in total. The second-order valence-electron chi connectivity index (χ2n) is 6.00. The van der Waals surface area contributed by atoms with Crippen LogP contribution in [0.1, 0.15) is 12.8 Å². The molecule has 5 rings (SSSR count). The summed E-state index contributed by atoms with van der Waals surface area (Å²) in [5.74, 6) is 0.592. The molecule has 4 heterocycles. The van der Waals surface area contributed by atoms with E-state index in [0.717, 1.165) is 29.7 Å². The Morgan fingerprint density at radius 3 is 2.71 bits per heavy atom. The van der Waals surface area contributed by atoms with E-state index in [1.807, 2.05) is 24.3 Å². The van der Waals surface area contributed by atoms with Crippen LogP contribution in [0, 0.1) is 5.92 Å². The van der Waals surface area contributed by atoms with Crippen molar-refractivity contribution in [2.75, 3.05) is 19.6 Å². The Kier molecular flexibility index (Phi) is 6.33. The van der Waals surface area contributed by atoms with Crippen molar-refractivity contribution in [2.45, 2.75) is 18.9 Å². The molecule has 5 nitrogen and oxygen atoms in total. The van der Waals surface area contributed by atoms with Gasteiger partial charge in [-0.25, -0.2) is 4.79 Å². The third-order valence-electron chi connectivity index (χ3n) is 4.63. The number of ether oxygens (including phenoxy) is 1. The van der Waals surface area contributed by atoms with Gasteiger partial charge in [-0.2, -0.15) is 0 Å². The first-order valence-electron chi connectivity index (χ1n) is 7.58. The molecular weight excluding hydrogens is 371 g/mol. The molecule has 3 aliphatic rings. The van der Waals surface area contributed by atoms with Crippen LogP contribution in [-0.2, 0) is 0 Å². The van der Waals surface area contributed by atoms with Gasteiger partial charge in [-0.3, -0.25) is 0 Å². The first-order valence-corrected chi connectivity index (χ1v) is 8.77. The fourth-order valence-electron chi connectivity index (χ4n) is 3.45. The number of fused-ring (bicyclic) bond motifs is 4. The lowest BCUT2D eigenvalue weighted by molar-refractivity contribution is 0.0726. The molecule has 8 heteroatoms. The predicted molar refractivity (Wildman–Crippen MR) is 99.8 cm³/mol. The number of thiophene rings is 1. The van der Waals surface area contributed by atoms with Crippen LogP contribution in [0.5, 0.6) is 5.06 Å². The lowest BCUT2D eigenvalue weighted by Crippen LogP contribution is -2.57. The van der Waals surface area contributed by atoms with Crippen LogP contribution in [0.2, 0.25) is 5.02 Å². The van der Waals surface area contributed by atoms with Crippen LogP contribution >= 0.6 is 35.3 Å². The number of carbonyl (C=O) groups excluding carboxylic acids is 1. The quantitative estimate of drug-likeness (QED) is 0.854. The Balaban J connectivity index is 0.00000104. The van der Waals surface area contributed by atoms with Crippen LogP contribution in [0.15, 0.2) is 24.3 Å². The molecule has 1 aromatic carbocycles. The van der Waals surface area contributed by atoms with Crippen LogP contribution in [0.25, 0.3) is 10.1 Å². The van der Waals surface area contributed by atoms with Gasteiger partial charge in [0.1, 0.15) is 0 Å². The Labute approximate surface area is 155 Å². The van der Waals surface area contributed by atoms with E-state index in [1.165, 1.54) is 24.2 Å². The van der Waals surface area contributed by atoms with Gasteiger partial charge in [-0.15, -0.1) is 12.4 Å². The van der Waals surface area contributed by atoms with Gasteiger partial charge in [0, 0.05) is 18.7 Å². The van der Waals surface area contributed by atoms with Gasteiger partial charge in [0.05, 0.1) is 9.72 Å². The van der Waals surface area contributed by atoms with Crippen LogP contribution in [-0.4, -0.2) is 42.1 Å². The molecule has 1 atom stereocenters. The first-order chi connectivity index (χ1) is 10.7. The number of rotatable bonds is 2. The van der Waals surface area contributed by atoms with Crippen LogP contribution in [0.3, 0.4) is 0 Å². The zero-order valence-electron chi connectivity index (χ0n) is 13.0. The largest absolute Gasteiger partial charge is 0.413 e. The maximum atomic E-state index is 12.1. The summed E-state index contributed by atoms with van der Waals surface area (Å²) in [6.45, 7) is 3.26. The number of amides is 1. The highest BCUT2D eigenvalue weighted by Gasteiger charge is 2.35. The number of nitrogens with one attached hydrogen (secondary N) is 1. The zero-order valence-corrected chi connectivity index (χ0v) is 15.3. The van der Waals surface area contributed by atoms with Crippen molar-refractivity contribution < 1.29 is 15.0 Å². The molecule has 3 saturated heterocycles. The fraction of sp³-hybridized carbons (Fsp3) is 0.438. The molecule has 1 amide bonds. The Bertz CT molecular complexity index is 716. The number of halogens is 2. The molecule has 3 aliphatic heterocycles. The Morgan fingerprint density at radius 2 is 2.08 bits per heavy atom. The zero-order chi connectivity index (χ0) is 15.1. The van der Waals surface area contributed by atoms with Crippen molar-refractivity contribution in [3.63, 3.8) is 0 Å². The van der Waals surface area contributed by atoms with Gasteiger partial charge in [0.15, 0.2) is 5.06 Å². The van der Waals surface area contributed by atoms with E-state index >= 15 is 0 Å². The van der Waals surface area contributed by atoms with Gasteiger partial charge in [-0.05, 0) is 43.3 Å². The molecular formula is C16H20Cl2N2O3S. The highest BCUT2D eigenvalue weighted by molar-refractivity contribution is 7.21. The highest BCUT2D eigenvalue weighted by atomic mass is 35.5. The SMILES string of the molecule is Cl.O.O=C(N[C@H]1CN2CCC1CC2)Oc1cc2cccc(Cl)c2s1. The summed E-state index contributed by atoms with van der Waals surface area (Å²) in [5, 5.41) is 5.31. The van der Waals surface area contributed by atoms with Gasteiger partial charge >= 0.3 is 6.09 Å². The number of hydrogen-bond acceptors (Lipinski definition) is 4. The number of hydrogen-bond donors (Lipinski definition) is 1. The average Bonchev–Trinajstić information content (AvgIpc) is 2.92. The Morgan fingerprint density at radius 1 is 1.33 bits per heavy atom. The molecule has 1 aromatic heterocycles. The van der Waals surface area contributed by atoms with E-state index in [-0.39, 0.29) is 30.0 Å². The topological polar surface area (TPSA) is 73.1 Å². The monoisotopic (exact) mass is 390 g/mol. The van der Waals surface area contributed by atoms with Gasteiger partial charge in [0.25, 0.3) is 0 Å². The molecule has 2 aromatic rings. The minimum atomic E-state index is -0.360. The van der Waals surface area contributed by atoms with Crippen molar-refractivity contribution in [1.29, 1.82) is 0 Å². The lowest BCUT2D eigenvalue weighted by Gasteiger charge is -2.44. The van der Waals surface area contributed by atoms with Gasteiger partial charge in [-0.1, -0.05) is 35.1 Å². The summed E-state index contributed by atoms with van der Waals surface area (Å²) in [6.07, 6.45) is 1.98. The van der Waals surface area contributed by atoms with Crippen molar-refractivity contribution >= 4 is 51.5 Å². The van der Waals surface area contributed by atoms with E-state index in [1.54, 1.807) is 0 Å². The maximum absolute atomic E-state index is 12.1. The summed E-state index contributed by atoms with van der Waals surface area (Å²) in [6, 6.07) is 7.79. The van der Waals surface area contributed by atoms with Crippen LogP contribution < -0.4 is 10.1 Å². The molecule has 2 bridgehead atoms. The number of benzene rings is 1. The van der Waals surface area contributed by atoms with Crippen LogP contribution in [0.4, 0.5) is 4.79 Å². The molecule has 24 heavy (non-hydrogen) atoms. The maximum Gasteiger partial charge on any atom is 0.413 e. The van der Waals surface area contributed by atoms with Crippen molar-refractivity contribution in [1.82, 2.24) is 10.2 Å². The predicted octanol–water partition coefficient (Wildman–Crippen LogP) is 3.33. The van der Waals surface area contributed by atoms with Crippen molar-refractivity contribution in [2.24, 2.45) is 5.92 Å². The third-order valence-corrected chi connectivity index (χ3v) is 6.12.